The maximum atomic E-state index is 11.3. The Morgan fingerprint density at radius 2 is 2.15 bits per heavy atom. The minimum absolute atomic E-state index is 0.0564. The summed E-state index contributed by atoms with van der Waals surface area (Å²) in [6.07, 6.45) is 5.10. The van der Waals surface area contributed by atoms with E-state index in [9.17, 15) is 5.11 Å². The standard InChI is InChI=1S/C17H22O2S/c18-17(7-5-13-3-1-2-4-15(13)17)14-6-9-19-16(11-14)8-10-20-12-16/h1-4,14,18H,5-12H2. The van der Waals surface area contributed by atoms with Gasteiger partial charge >= 0.3 is 0 Å². The molecular formula is C17H22O2S. The average molecular weight is 290 g/mol. The van der Waals surface area contributed by atoms with Gasteiger partial charge in [-0.3, -0.25) is 0 Å². The van der Waals surface area contributed by atoms with Crippen LogP contribution in [0.3, 0.4) is 0 Å². The molecule has 0 saturated carbocycles. The van der Waals surface area contributed by atoms with Gasteiger partial charge in [-0.05, 0) is 54.9 Å². The number of thioether (sulfide) groups is 1. The van der Waals surface area contributed by atoms with Crippen LogP contribution in [0.5, 0.6) is 0 Å². The average Bonchev–Trinajstić information content (AvgIpc) is 3.06. The van der Waals surface area contributed by atoms with E-state index in [1.165, 1.54) is 16.9 Å². The Bertz CT molecular complexity index is 509. The van der Waals surface area contributed by atoms with Crippen LogP contribution in [0.4, 0.5) is 0 Å². The summed E-state index contributed by atoms with van der Waals surface area (Å²) in [4.78, 5) is 0. The van der Waals surface area contributed by atoms with Gasteiger partial charge in [0.2, 0.25) is 0 Å². The molecule has 0 aromatic heterocycles. The molecule has 2 aliphatic heterocycles. The number of rotatable bonds is 1. The lowest BCUT2D eigenvalue weighted by Crippen LogP contribution is -2.46. The summed E-state index contributed by atoms with van der Waals surface area (Å²) in [6, 6.07) is 8.46. The zero-order valence-corrected chi connectivity index (χ0v) is 12.6. The Hall–Kier alpha value is -0.510. The lowest BCUT2D eigenvalue weighted by atomic mass is 9.73. The topological polar surface area (TPSA) is 29.5 Å². The van der Waals surface area contributed by atoms with Gasteiger partial charge in [0, 0.05) is 12.4 Å². The molecule has 1 aromatic carbocycles. The van der Waals surface area contributed by atoms with Crippen LogP contribution >= 0.6 is 11.8 Å². The lowest BCUT2D eigenvalue weighted by Gasteiger charge is -2.44. The molecule has 0 radical (unpaired) electrons. The first-order valence-corrected chi connectivity index (χ1v) is 8.90. The number of hydrogen-bond donors (Lipinski definition) is 1. The summed E-state index contributed by atoms with van der Waals surface area (Å²) >= 11 is 2.00. The Morgan fingerprint density at radius 3 is 3.00 bits per heavy atom. The smallest absolute Gasteiger partial charge is 0.0932 e. The molecule has 2 nitrogen and oxygen atoms in total. The van der Waals surface area contributed by atoms with Crippen molar-refractivity contribution in [3.8, 4) is 0 Å². The Balaban J connectivity index is 1.64. The van der Waals surface area contributed by atoms with Gasteiger partial charge in [0.15, 0.2) is 0 Å². The van der Waals surface area contributed by atoms with E-state index in [0.29, 0.717) is 5.92 Å². The fourth-order valence-corrected chi connectivity index (χ4v) is 5.72. The summed E-state index contributed by atoms with van der Waals surface area (Å²) < 4.78 is 6.12. The van der Waals surface area contributed by atoms with E-state index in [1.54, 1.807) is 0 Å². The van der Waals surface area contributed by atoms with Gasteiger partial charge in [0.1, 0.15) is 0 Å². The van der Waals surface area contributed by atoms with Crippen molar-refractivity contribution in [1.29, 1.82) is 0 Å². The van der Waals surface area contributed by atoms with E-state index >= 15 is 0 Å². The van der Waals surface area contributed by atoms with E-state index in [1.807, 2.05) is 11.8 Å². The van der Waals surface area contributed by atoms with E-state index < -0.39 is 5.60 Å². The Labute approximate surface area is 124 Å². The quantitative estimate of drug-likeness (QED) is 0.861. The summed E-state index contributed by atoms with van der Waals surface area (Å²) in [5.41, 5.74) is 1.98. The number of aliphatic hydroxyl groups is 1. The van der Waals surface area contributed by atoms with Crippen molar-refractivity contribution in [2.45, 2.75) is 43.3 Å². The first-order valence-electron chi connectivity index (χ1n) is 7.74. The van der Waals surface area contributed by atoms with Crippen molar-refractivity contribution in [3.05, 3.63) is 35.4 Å². The van der Waals surface area contributed by atoms with Crippen LogP contribution in [-0.4, -0.2) is 28.8 Å². The summed E-state index contributed by atoms with van der Waals surface area (Å²) in [5.74, 6) is 2.68. The maximum absolute atomic E-state index is 11.3. The third kappa shape index (κ3) is 1.94. The van der Waals surface area contributed by atoms with Gasteiger partial charge in [0.25, 0.3) is 0 Å². The summed E-state index contributed by atoms with van der Waals surface area (Å²) in [5, 5.41) is 11.3. The second kappa shape index (κ2) is 4.75. The molecule has 4 rings (SSSR count). The van der Waals surface area contributed by atoms with Crippen molar-refractivity contribution in [1.82, 2.24) is 0 Å². The molecule has 3 heteroatoms. The highest BCUT2D eigenvalue weighted by Crippen LogP contribution is 2.50. The lowest BCUT2D eigenvalue weighted by molar-refractivity contribution is -0.134. The minimum atomic E-state index is -0.610. The third-order valence-electron chi connectivity index (χ3n) is 5.49. The van der Waals surface area contributed by atoms with Gasteiger partial charge in [-0.15, -0.1) is 0 Å². The van der Waals surface area contributed by atoms with Crippen molar-refractivity contribution in [2.24, 2.45) is 5.92 Å². The van der Waals surface area contributed by atoms with E-state index in [4.69, 9.17) is 4.74 Å². The summed E-state index contributed by atoms with van der Waals surface area (Å²) in [7, 11) is 0. The predicted octanol–water partition coefficient (Wildman–Crippen LogP) is 3.12. The molecule has 2 fully saturated rings. The first-order chi connectivity index (χ1) is 9.72. The SMILES string of the molecule is OC1(C2CCOC3(CCSC3)C2)CCc2ccccc21. The molecule has 3 atom stereocenters. The molecule has 0 bridgehead atoms. The highest BCUT2D eigenvalue weighted by molar-refractivity contribution is 7.99. The van der Waals surface area contributed by atoms with Gasteiger partial charge < -0.3 is 9.84 Å². The maximum Gasteiger partial charge on any atom is 0.0932 e. The number of fused-ring (bicyclic) bond motifs is 1. The molecule has 2 saturated heterocycles. The zero-order chi connectivity index (χ0) is 13.6. The second-order valence-corrected chi connectivity index (χ2v) is 7.71. The Morgan fingerprint density at radius 1 is 1.25 bits per heavy atom. The van der Waals surface area contributed by atoms with Gasteiger partial charge in [-0.25, -0.2) is 0 Å². The Kier molecular flexibility index (Phi) is 3.13. The predicted molar refractivity (Wildman–Crippen MR) is 82.0 cm³/mol. The molecule has 108 valence electrons. The van der Waals surface area contributed by atoms with E-state index in [2.05, 4.69) is 24.3 Å². The van der Waals surface area contributed by atoms with Crippen molar-refractivity contribution < 1.29 is 9.84 Å². The normalized spacial score (nSPS) is 40.1. The highest BCUT2D eigenvalue weighted by Gasteiger charge is 2.50. The first kappa shape index (κ1) is 13.2. The fraction of sp³-hybridized carbons (Fsp3) is 0.647. The fourth-order valence-electron chi connectivity index (χ4n) is 4.34. The third-order valence-corrected chi connectivity index (χ3v) is 6.72. The van der Waals surface area contributed by atoms with Crippen LogP contribution in [0.15, 0.2) is 24.3 Å². The van der Waals surface area contributed by atoms with Crippen molar-refractivity contribution in [2.75, 3.05) is 18.1 Å². The molecule has 3 unspecified atom stereocenters. The molecular weight excluding hydrogens is 268 g/mol. The van der Waals surface area contributed by atoms with Gasteiger partial charge in [0.05, 0.1) is 11.2 Å². The van der Waals surface area contributed by atoms with Crippen molar-refractivity contribution >= 4 is 11.8 Å². The van der Waals surface area contributed by atoms with Crippen LogP contribution in [0.25, 0.3) is 0 Å². The van der Waals surface area contributed by atoms with Crippen LogP contribution in [0.2, 0.25) is 0 Å². The second-order valence-electron chi connectivity index (χ2n) is 6.61. The number of benzene rings is 1. The van der Waals surface area contributed by atoms with Crippen LogP contribution in [0, 0.1) is 5.92 Å². The van der Waals surface area contributed by atoms with E-state index in [-0.39, 0.29) is 5.60 Å². The van der Waals surface area contributed by atoms with Crippen LogP contribution < -0.4 is 0 Å². The monoisotopic (exact) mass is 290 g/mol. The zero-order valence-electron chi connectivity index (χ0n) is 11.8. The molecule has 1 aromatic rings. The van der Waals surface area contributed by atoms with Crippen LogP contribution in [-0.2, 0) is 16.8 Å². The number of ether oxygens (including phenoxy) is 1. The van der Waals surface area contributed by atoms with Gasteiger partial charge in [-0.1, -0.05) is 24.3 Å². The molecule has 1 aliphatic carbocycles. The minimum Gasteiger partial charge on any atom is -0.385 e. The van der Waals surface area contributed by atoms with Crippen molar-refractivity contribution in [3.63, 3.8) is 0 Å². The highest BCUT2D eigenvalue weighted by atomic mass is 32.2. The molecule has 1 N–H and O–H groups in total. The summed E-state index contributed by atoms with van der Waals surface area (Å²) in [6.45, 7) is 0.815. The van der Waals surface area contributed by atoms with E-state index in [0.717, 1.165) is 44.5 Å². The van der Waals surface area contributed by atoms with Gasteiger partial charge in [-0.2, -0.15) is 11.8 Å². The molecule has 2 heterocycles. The molecule has 0 amide bonds. The van der Waals surface area contributed by atoms with Crippen LogP contribution in [0.1, 0.15) is 36.8 Å². The molecule has 20 heavy (non-hydrogen) atoms. The number of aryl methyl sites for hydroxylation is 1. The number of hydrogen-bond acceptors (Lipinski definition) is 3. The largest absolute Gasteiger partial charge is 0.385 e. The molecule has 3 aliphatic rings. The molecule has 1 spiro atoms.